The molecule has 2 N–H and O–H groups in total. The van der Waals surface area contributed by atoms with E-state index in [0.29, 0.717) is 31.1 Å². The second-order valence-corrected chi connectivity index (χ2v) is 9.51. The van der Waals surface area contributed by atoms with Crippen LogP contribution in [0.5, 0.6) is 11.5 Å². The van der Waals surface area contributed by atoms with E-state index >= 15 is 0 Å². The average molecular weight is 487 g/mol. The van der Waals surface area contributed by atoms with Crippen LogP contribution in [0.15, 0.2) is 23.1 Å². The largest absolute Gasteiger partial charge is 0.486 e. The highest BCUT2D eigenvalue weighted by Crippen LogP contribution is 2.32. The summed E-state index contributed by atoms with van der Waals surface area (Å²) >= 11 is 0. The molecule has 1 atom stereocenters. The summed E-state index contributed by atoms with van der Waals surface area (Å²) in [6.45, 7) is 3.97. The number of benzene rings is 1. The van der Waals surface area contributed by atoms with E-state index in [0.717, 1.165) is 0 Å². The Bertz CT molecular complexity index is 947. The fourth-order valence-corrected chi connectivity index (χ4v) is 4.08. The van der Waals surface area contributed by atoms with Crippen LogP contribution >= 0.6 is 0 Å². The van der Waals surface area contributed by atoms with Crippen molar-refractivity contribution < 1.29 is 41.7 Å². The van der Waals surface area contributed by atoms with Crippen molar-refractivity contribution in [2.75, 3.05) is 33.5 Å². The molecule has 0 spiro atoms. The molecule has 0 aromatic heterocycles. The molecule has 0 radical (unpaired) electrons. The second kappa shape index (κ2) is 12.4. The van der Waals surface area contributed by atoms with Gasteiger partial charge in [-0.1, -0.05) is 13.8 Å². The summed E-state index contributed by atoms with van der Waals surface area (Å²) in [5.74, 6) is -0.889. The molecule has 1 unspecified atom stereocenters. The molecule has 1 heterocycles. The molecular formula is C21H30N2O9S. The molecule has 1 aliphatic rings. The van der Waals surface area contributed by atoms with Gasteiger partial charge in [-0.3, -0.25) is 9.59 Å². The van der Waals surface area contributed by atoms with Gasteiger partial charge in [-0.05, 0) is 30.9 Å². The number of nitrogens with one attached hydrogen (secondary N) is 2. The Morgan fingerprint density at radius 2 is 1.82 bits per heavy atom. The Balaban J connectivity index is 1.72. The Morgan fingerprint density at radius 3 is 2.48 bits per heavy atom. The number of hydrogen-bond donors (Lipinski definition) is 2. The highest BCUT2D eigenvalue weighted by molar-refractivity contribution is 7.89. The summed E-state index contributed by atoms with van der Waals surface area (Å²) < 4.78 is 47.6. The standard InChI is InChI=1S/C21H30N2O9S/c1-14(2)11-16(21(26)29-3)23-19(24)13-32-20(25)5-4-8-22-33(27,28)15-6-7-17-18(12-15)31-10-9-30-17/h6-7,12,14,16,22H,4-5,8-11,13H2,1-3H3,(H,23,24). The number of sulfonamides is 1. The molecule has 11 nitrogen and oxygen atoms in total. The van der Waals surface area contributed by atoms with Crippen LogP contribution in [-0.4, -0.2) is 65.8 Å². The number of rotatable bonds is 12. The van der Waals surface area contributed by atoms with Crippen LogP contribution in [-0.2, 0) is 33.9 Å². The first-order chi connectivity index (χ1) is 15.6. The third-order valence-electron chi connectivity index (χ3n) is 4.57. The molecule has 0 saturated heterocycles. The predicted molar refractivity (Wildman–Crippen MR) is 116 cm³/mol. The molecule has 1 aromatic rings. The van der Waals surface area contributed by atoms with Crippen molar-refractivity contribution in [1.29, 1.82) is 0 Å². The van der Waals surface area contributed by atoms with Crippen molar-refractivity contribution in [3.8, 4) is 11.5 Å². The lowest BCUT2D eigenvalue weighted by molar-refractivity contribution is -0.150. The third kappa shape index (κ3) is 8.54. The first kappa shape index (κ1) is 26.4. The predicted octanol–water partition coefficient (Wildman–Crippen LogP) is 0.763. The summed E-state index contributed by atoms with van der Waals surface area (Å²) in [5.41, 5.74) is 0. The van der Waals surface area contributed by atoms with E-state index in [1.807, 2.05) is 13.8 Å². The zero-order chi connectivity index (χ0) is 24.4. The lowest BCUT2D eigenvalue weighted by atomic mass is 10.0. The third-order valence-corrected chi connectivity index (χ3v) is 6.02. The van der Waals surface area contributed by atoms with Crippen molar-refractivity contribution in [1.82, 2.24) is 10.0 Å². The molecular weight excluding hydrogens is 456 g/mol. The number of amides is 1. The number of carbonyl (C=O) groups excluding carboxylic acids is 3. The summed E-state index contributed by atoms with van der Waals surface area (Å²) in [6, 6.07) is 3.49. The summed E-state index contributed by atoms with van der Waals surface area (Å²) in [6.07, 6.45) is 0.460. The van der Waals surface area contributed by atoms with Crippen LogP contribution in [0.25, 0.3) is 0 Å². The maximum Gasteiger partial charge on any atom is 0.328 e. The fraction of sp³-hybridized carbons (Fsp3) is 0.571. The quantitative estimate of drug-likeness (QED) is 0.323. The van der Waals surface area contributed by atoms with Crippen molar-refractivity contribution in [2.24, 2.45) is 5.92 Å². The minimum absolute atomic E-state index is 0.00310. The minimum atomic E-state index is -3.80. The van der Waals surface area contributed by atoms with Crippen molar-refractivity contribution in [3.63, 3.8) is 0 Å². The van der Waals surface area contributed by atoms with Crippen LogP contribution in [0.3, 0.4) is 0 Å². The lowest BCUT2D eigenvalue weighted by Gasteiger charge is -2.19. The van der Waals surface area contributed by atoms with Gasteiger partial charge in [0.25, 0.3) is 5.91 Å². The number of hydrogen-bond acceptors (Lipinski definition) is 9. The maximum absolute atomic E-state index is 12.4. The van der Waals surface area contributed by atoms with Gasteiger partial charge in [0.2, 0.25) is 10.0 Å². The van der Waals surface area contributed by atoms with E-state index in [9.17, 15) is 22.8 Å². The van der Waals surface area contributed by atoms with Crippen LogP contribution in [0, 0.1) is 5.92 Å². The van der Waals surface area contributed by atoms with Gasteiger partial charge >= 0.3 is 11.9 Å². The van der Waals surface area contributed by atoms with E-state index in [1.165, 1.54) is 25.3 Å². The Morgan fingerprint density at radius 1 is 1.12 bits per heavy atom. The summed E-state index contributed by atoms with van der Waals surface area (Å²) in [7, 11) is -2.57. The van der Waals surface area contributed by atoms with E-state index in [-0.39, 0.29) is 30.2 Å². The number of ether oxygens (including phenoxy) is 4. The monoisotopic (exact) mass is 486 g/mol. The molecule has 0 fully saturated rings. The van der Waals surface area contributed by atoms with Crippen molar-refractivity contribution in [3.05, 3.63) is 18.2 Å². The van der Waals surface area contributed by atoms with E-state index in [4.69, 9.17) is 14.2 Å². The van der Waals surface area contributed by atoms with E-state index in [1.54, 1.807) is 0 Å². The molecule has 1 amide bonds. The van der Waals surface area contributed by atoms with E-state index in [2.05, 4.69) is 14.8 Å². The molecule has 1 aromatic carbocycles. The molecule has 0 bridgehead atoms. The zero-order valence-corrected chi connectivity index (χ0v) is 19.7. The highest BCUT2D eigenvalue weighted by Gasteiger charge is 2.23. The second-order valence-electron chi connectivity index (χ2n) is 7.74. The molecule has 12 heteroatoms. The summed E-state index contributed by atoms with van der Waals surface area (Å²) in [4.78, 5) is 35.6. The van der Waals surface area contributed by atoms with Crippen LogP contribution in [0.4, 0.5) is 0 Å². The van der Waals surface area contributed by atoms with Crippen LogP contribution in [0.1, 0.15) is 33.1 Å². The molecule has 0 aliphatic carbocycles. The van der Waals surface area contributed by atoms with Gasteiger partial charge in [-0.2, -0.15) is 0 Å². The van der Waals surface area contributed by atoms with Gasteiger partial charge < -0.3 is 24.3 Å². The Labute approximate surface area is 193 Å². The lowest BCUT2D eigenvalue weighted by Crippen LogP contribution is -2.44. The van der Waals surface area contributed by atoms with Gasteiger partial charge in [0.1, 0.15) is 19.3 Å². The number of esters is 2. The Kier molecular flexibility index (Phi) is 9.92. The van der Waals surface area contributed by atoms with Crippen molar-refractivity contribution in [2.45, 2.75) is 44.0 Å². The molecule has 33 heavy (non-hydrogen) atoms. The highest BCUT2D eigenvalue weighted by atomic mass is 32.2. The van der Waals surface area contributed by atoms with Crippen LogP contribution in [0.2, 0.25) is 0 Å². The smallest absolute Gasteiger partial charge is 0.328 e. The zero-order valence-electron chi connectivity index (χ0n) is 18.9. The number of methoxy groups -OCH3 is 1. The molecule has 2 rings (SSSR count). The van der Waals surface area contributed by atoms with Crippen molar-refractivity contribution >= 4 is 27.9 Å². The normalized spacial score (nSPS) is 13.8. The fourth-order valence-electron chi connectivity index (χ4n) is 3.00. The van der Waals surface area contributed by atoms with Gasteiger partial charge in [0.15, 0.2) is 18.1 Å². The van der Waals surface area contributed by atoms with Gasteiger partial charge in [-0.25, -0.2) is 17.9 Å². The molecule has 184 valence electrons. The first-order valence-corrected chi connectivity index (χ1v) is 12.0. The van der Waals surface area contributed by atoms with Gasteiger partial charge in [0, 0.05) is 19.0 Å². The minimum Gasteiger partial charge on any atom is -0.486 e. The maximum atomic E-state index is 12.4. The Hall–Kier alpha value is -2.86. The first-order valence-electron chi connectivity index (χ1n) is 10.5. The van der Waals surface area contributed by atoms with Crippen LogP contribution < -0.4 is 19.5 Å². The molecule has 1 aliphatic heterocycles. The van der Waals surface area contributed by atoms with Gasteiger partial charge in [0.05, 0.1) is 12.0 Å². The van der Waals surface area contributed by atoms with Gasteiger partial charge in [-0.15, -0.1) is 0 Å². The summed E-state index contributed by atoms with van der Waals surface area (Å²) in [5, 5.41) is 2.48. The van der Waals surface area contributed by atoms with E-state index < -0.39 is 40.5 Å². The number of fused-ring (bicyclic) bond motifs is 1. The SMILES string of the molecule is COC(=O)C(CC(C)C)NC(=O)COC(=O)CCCNS(=O)(=O)c1ccc2c(c1)OCCO2. The topological polar surface area (TPSA) is 146 Å². The average Bonchev–Trinajstić information content (AvgIpc) is 2.79. The number of carbonyl (C=O) groups is 3. The molecule has 0 saturated carbocycles.